The first kappa shape index (κ1) is 21.1. The second-order valence-corrected chi connectivity index (χ2v) is 7.94. The van der Waals surface area contributed by atoms with Crippen molar-refractivity contribution >= 4 is 23.1 Å². The van der Waals surface area contributed by atoms with Gasteiger partial charge in [-0.3, -0.25) is 9.59 Å². The normalized spacial score (nSPS) is 17.6. The van der Waals surface area contributed by atoms with Crippen molar-refractivity contribution in [1.29, 1.82) is 0 Å². The number of carbonyl (C=O) groups is 2. The lowest BCUT2D eigenvalue weighted by molar-refractivity contribution is -0.120. The predicted molar refractivity (Wildman–Crippen MR) is 122 cm³/mol. The fourth-order valence-electron chi connectivity index (χ4n) is 4.10. The molecule has 2 aliphatic rings. The molecule has 6 nitrogen and oxygen atoms in total. The first-order chi connectivity index (χ1) is 15.0. The van der Waals surface area contributed by atoms with Gasteiger partial charge >= 0.3 is 0 Å². The lowest BCUT2D eigenvalue weighted by Gasteiger charge is -2.34. The van der Waals surface area contributed by atoms with E-state index in [2.05, 4.69) is 23.8 Å². The highest BCUT2D eigenvalue weighted by Crippen LogP contribution is 2.35. The van der Waals surface area contributed by atoms with E-state index < -0.39 is 0 Å². The number of aryl methyl sites for hydroxylation is 1. The van der Waals surface area contributed by atoms with Gasteiger partial charge in [0, 0.05) is 26.2 Å². The van der Waals surface area contributed by atoms with Crippen LogP contribution in [0.3, 0.4) is 0 Å². The quantitative estimate of drug-likeness (QED) is 0.673. The Morgan fingerprint density at radius 2 is 1.48 bits per heavy atom. The van der Waals surface area contributed by atoms with E-state index in [9.17, 15) is 9.59 Å². The number of piperazine rings is 1. The van der Waals surface area contributed by atoms with Gasteiger partial charge in [-0.1, -0.05) is 31.2 Å². The summed E-state index contributed by atoms with van der Waals surface area (Å²) >= 11 is 0. The Hall–Kier alpha value is -3.12. The Morgan fingerprint density at radius 1 is 0.839 bits per heavy atom. The standard InChI is InChI=1S/C25H29N3O3/c1-4-18-6-10-20(11-7-18)28-24(29)22(19-8-12-21(13-9-19)31-5-2)23(25(28)30)27-16-14-26(3)15-17-27/h6-13H,4-5,14-17H2,1-3H3. The first-order valence-electron chi connectivity index (χ1n) is 10.9. The van der Waals surface area contributed by atoms with Gasteiger partial charge in [-0.2, -0.15) is 0 Å². The molecule has 0 unspecified atom stereocenters. The zero-order chi connectivity index (χ0) is 22.0. The van der Waals surface area contributed by atoms with Crippen LogP contribution in [0.2, 0.25) is 0 Å². The number of anilines is 1. The number of hydrogen-bond acceptors (Lipinski definition) is 5. The molecule has 2 aromatic rings. The molecule has 0 spiro atoms. The van der Waals surface area contributed by atoms with Gasteiger partial charge in [-0.25, -0.2) is 4.90 Å². The Balaban J connectivity index is 1.75. The third-order valence-electron chi connectivity index (χ3n) is 5.94. The summed E-state index contributed by atoms with van der Waals surface area (Å²) in [4.78, 5) is 32.8. The van der Waals surface area contributed by atoms with Crippen molar-refractivity contribution in [2.75, 3.05) is 44.7 Å². The van der Waals surface area contributed by atoms with Crippen molar-refractivity contribution in [3.63, 3.8) is 0 Å². The fraction of sp³-hybridized carbons (Fsp3) is 0.360. The van der Waals surface area contributed by atoms with Crippen molar-refractivity contribution in [3.8, 4) is 5.75 Å². The number of likely N-dealkylation sites (N-methyl/N-ethyl adjacent to an activating group) is 1. The molecule has 0 atom stereocenters. The maximum atomic E-state index is 13.6. The predicted octanol–water partition coefficient (Wildman–Crippen LogP) is 3.18. The molecule has 0 aliphatic carbocycles. The molecule has 0 N–H and O–H groups in total. The van der Waals surface area contributed by atoms with E-state index in [0.29, 0.717) is 36.7 Å². The smallest absolute Gasteiger partial charge is 0.282 e. The van der Waals surface area contributed by atoms with Gasteiger partial charge in [0.25, 0.3) is 11.8 Å². The third-order valence-corrected chi connectivity index (χ3v) is 5.94. The Kier molecular flexibility index (Phi) is 6.09. The van der Waals surface area contributed by atoms with Crippen molar-refractivity contribution < 1.29 is 14.3 Å². The second-order valence-electron chi connectivity index (χ2n) is 7.94. The minimum Gasteiger partial charge on any atom is -0.494 e. The van der Waals surface area contributed by atoms with Crippen LogP contribution in [0.5, 0.6) is 5.75 Å². The average Bonchev–Trinajstić information content (AvgIpc) is 3.05. The van der Waals surface area contributed by atoms with E-state index in [-0.39, 0.29) is 11.8 Å². The van der Waals surface area contributed by atoms with Crippen LogP contribution in [0, 0.1) is 0 Å². The highest BCUT2D eigenvalue weighted by Gasteiger charge is 2.42. The van der Waals surface area contributed by atoms with E-state index in [0.717, 1.165) is 30.8 Å². The molecule has 6 heteroatoms. The Morgan fingerprint density at radius 3 is 2.06 bits per heavy atom. The van der Waals surface area contributed by atoms with Crippen LogP contribution in [-0.2, 0) is 16.0 Å². The van der Waals surface area contributed by atoms with Crippen molar-refractivity contribution in [2.45, 2.75) is 20.3 Å². The molecule has 162 valence electrons. The van der Waals surface area contributed by atoms with Crippen LogP contribution >= 0.6 is 0 Å². The van der Waals surface area contributed by atoms with E-state index >= 15 is 0 Å². The van der Waals surface area contributed by atoms with Gasteiger partial charge in [0.2, 0.25) is 0 Å². The molecule has 2 heterocycles. The SMILES string of the molecule is CCOc1ccc(C2=C(N3CCN(C)CC3)C(=O)N(c3ccc(CC)cc3)C2=O)cc1. The van der Waals surface area contributed by atoms with Gasteiger partial charge < -0.3 is 14.5 Å². The number of amides is 2. The number of rotatable bonds is 6. The third kappa shape index (κ3) is 4.08. The molecular weight excluding hydrogens is 390 g/mol. The molecule has 2 aliphatic heterocycles. The molecule has 0 bridgehead atoms. The average molecular weight is 420 g/mol. The maximum Gasteiger partial charge on any atom is 0.282 e. The molecular formula is C25H29N3O3. The fourth-order valence-corrected chi connectivity index (χ4v) is 4.10. The minimum atomic E-state index is -0.271. The highest BCUT2D eigenvalue weighted by atomic mass is 16.5. The van der Waals surface area contributed by atoms with Crippen LogP contribution < -0.4 is 9.64 Å². The van der Waals surface area contributed by atoms with Crippen molar-refractivity contribution in [2.24, 2.45) is 0 Å². The van der Waals surface area contributed by atoms with Crippen LogP contribution in [0.15, 0.2) is 54.2 Å². The molecule has 0 aromatic heterocycles. The lowest BCUT2D eigenvalue weighted by Crippen LogP contribution is -2.46. The molecule has 31 heavy (non-hydrogen) atoms. The summed E-state index contributed by atoms with van der Waals surface area (Å²) in [6.07, 6.45) is 0.907. The number of ether oxygens (including phenoxy) is 1. The summed E-state index contributed by atoms with van der Waals surface area (Å²) < 4.78 is 5.54. The maximum absolute atomic E-state index is 13.6. The van der Waals surface area contributed by atoms with Gasteiger partial charge in [0.1, 0.15) is 11.4 Å². The number of nitrogens with zero attached hydrogens (tertiary/aromatic N) is 3. The van der Waals surface area contributed by atoms with Crippen molar-refractivity contribution in [1.82, 2.24) is 9.80 Å². The summed E-state index contributed by atoms with van der Waals surface area (Å²) in [6.45, 7) is 7.73. The minimum absolute atomic E-state index is 0.248. The number of benzene rings is 2. The largest absolute Gasteiger partial charge is 0.494 e. The number of imide groups is 1. The lowest BCUT2D eigenvalue weighted by atomic mass is 10.0. The zero-order valence-electron chi connectivity index (χ0n) is 18.4. The van der Waals surface area contributed by atoms with Crippen LogP contribution in [0.1, 0.15) is 25.0 Å². The van der Waals surface area contributed by atoms with Gasteiger partial charge in [0.05, 0.1) is 17.9 Å². The molecule has 4 rings (SSSR count). The number of hydrogen-bond donors (Lipinski definition) is 0. The molecule has 0 radical (unpaired) electrons. The van der Waals surface area contributed by atoms with Crippen LogP contribution in [0.4, 0.5) is 5.69 Å². The Bertz CT molecular complexity index is 988. The summed E-state index contributed by atoms with van der Waals surface area (Å²) in [6, 6.07) is 15.1. The summed E-state index contributed by atoms with van der Waals surface area (Å²) in [5.74, 6) is 0.229. The van der Waals surface area contributed by atoms with Crippen LogP contribution in [-0.4, -0.2) is 61.4 Å². The molecule has 1 saturated heterocycles. The van der Waals surface area contributed by atoms with E-state index in [1.807, 2.05) is 55.5 Å². The topological polar surface area (TPSA) is 53.1 Å². The summed E-state index contributed by atoms with van der Waals surface area (Å²) in [5.41, 5.74) is 3.49. The van der Waals surface area contributed by atoms with Crippen LogP contribution in [0.25, 0.3) is 5.57 Å². The monoisotopic (exact) mass is 419 g/mol. The van der Waals surface area contributed by atoms with Crippen molar-refractivity contribution in [3.05, 3.63) is 65.4 Å². The summed E-state index contributed by atoms with van der Waals surface area (Å²) in [5, 5.41) is 0. The van der Waals surface area contributed by atoms with Gasteiger partial charge in [-0.05, 0) is 55.8 Å². The zero-order valence-corrected chi connectivity index (χ0v) is 18.4. The first-order valence-corrected chi connectivity index (χ1v) is 10.9. The Labute approximate surface area is 183 Å². The van der Waals surface area contributed by atoms with E-state index in [1.165, 1.54) is 10.5 Å². The van der Waals surface area contributed by atoms with Gasteiger partial charge in [0.15, 0.2) is 0 Å². The molecule has 1 fully saturated rings. The van der Waals surface area contributed by atoms with Gasteiger partial charge in [-0.15, -0.1) is 0 Å². The van der Waals surface area contributed by atoms with E-state index in [1.54, 1.807) is 0 Å². The molecule has 0 saturated carbocycles. The van der Waals surface area contributed by atoms with E-state index in [4.69, 9.17) is 4.74 Å². The number of carbonyl (C=O) groups excluding carboxylic acids is 2. The molecule has 2 amide bonds. The molecule has 2 aromatic carbocycles. The second kappa shape index (κ2) is 8.94. The summed E-state index contributed by atoms with van der Waals surface area (Å²) in [7, 11) is 2.07. The highest BCUT2D eigenvalue weighted by molar-refractivity contribution is 6.45.